The van der Waals surface area contributed by atoms with E-state index < -0.39 is 0 Å². The Morgan fingerprint density at radius 3 is 2.38 bits per heavy atom. The Balaban J connectivity index is 1.30. The SMILES string of the molecule is COc1ccc(CNc2ccc(COc3cccc(C(=O)Nc4ccc(C(C)C)c(C)c4)c3)cn2)cc1. The minimum Gasteiger partial charge on any atom is -0.497 e. The van der Waals surface area contributed by atoms with E-state index in [1.165, 1.54) is 11.1 Å². The molecule has 0 atom stereocenters. The van der Waals surface area contributed by atoms with Crippen molar-refractivity contribution in [2.75, 3.05) is 17.7 Å². The number of aromatic nitrogens is 1. The fourth-order valence-corrected chi connectivity index (χ4v) is 4.05. The van der Waals surface area contributed by atoms with Gasteiger partial charge in [0.1, 0.15) is 23.9 Å². The number of hydrogen-bond donors (Lipinski definition) is 2. The Morgan fingerprint density at radius 1 is 0.919 bits per heavy atom. The molecule has 0 radical (unpaired) electrons. The summed E-state index contributed by atoms with van der Waals surface area (Å²) in [5, 5.41) is 6.30. The summed E-state index contributed by atoms with van der Waals surface area (Å²) in [6, 6.07) is 25.0. The normalized spacial score (nSPS) is 10.7. The number of carbonyl (C=O) groups excluding carboxylic acids is 1. The van der Waals surface area contributed by atoms with Crippen LogP contribution in [0.25, 0.3) is 0 Å². The van der Waals surface area contributed by atoms with Gasteiger partial charge in [0.2, 0.25) is 0 Å². The summed E-state index contributed by atoms with van der Waals surface area (Å²) < 4.78 is 11.1. The van der Waals surface area contributed by atoms with E-state index in [4.69, 9.17) is 9.47 Å². The number of benzene rings is 3. The number of rotatable bonds is 10. The quantitative estimate of drug-likeness (QED) is 0.249. The van der Waals surface area contributed by atoms with Gasteiger partial charge in [0.25, 0.3) is 5.91 Å². The lowest BCUT2D eigenvalue weighted by Crippen LogP contribution is -2.12. The standard InChI is InChI=1S/C31H33N3O3/c1-21(2)29-14-11-26(16-22(29)3)34-31(35)25-6-5-7-28(17-25)37-20-24-10-15-30(33-19-24)32-18-23-8-12-27(36-4)13-9-23/h5-17,19,21H,18,20H2,1-4H3,(H,32,33)(H,34,35). The highest BCUT2D eigenvalue weighted by Crippen LogP contribution is 2.23. The van der Waals surface area contributed by atoms with Crippen LogP contribution in [-0.4, -0.2) is 18.0 Å². The van der Waals surface area contributed by atoms with Crippen molar-refractivity contribution in [3.63, 3.8) is 0 Å². The van der Waals surface area contributed by atoms with Crippen LogP contribution in [0.5, 0.6) is 11.5 Å². The van der Waals surface area contributed by atoms with Crippen LogP contribution in [0.1, 0.15) is 52.4 Å². The average Bonchev–Trinajstić information content (AvgIpc) is 2.91. The predicted molar refractivity (Wildman–Crippen MR) is 149 cm³/mol. The highest BCUT2D eigenvalue weighted by atomic mass is 16.5. The van der Waals surface area contributed by atoms with Crippen molar-refractivity contribution in [1.82, 2.24) is 4.98 Å². The fraction of sp³-hybridized carbons (Fsp3) is 0.226. The number of methoxy groups -OCH3 is 1. The summed E-state index contributed by atoms with van der Waals surface area (Å²) in [6.45, 7) is 7.42. The van der Waals surface area contributed by atoms with Gasteiger partial charge in [-0.25, -0.2) is 4.98 Å². The molecular weight excluding hydrogens is 462 g/mol. The van der Waals surface area contributed by atoms with Gasteiger partial charge in [-0.2, -0.15) is 0 Å². The molecule has 0 saturated carbocycles. The van der Waals surface area contributed by atoms with Crippen LogP contribution in [0, 0.1) is 6.92 Å². The topological polar surface area (TPSA) is 72.5 Å². The third-order valence-corrected chi connectivity index (χ3v) is 6.11. The van der Waals surface area contributed by atoms with Crippen LogP contribution in [0.2, 0.25) is 0 Å². The first-order valence-electron chi connectivity index (χ1n) is 12.4. The van der Waals surface area contributed by atoms with E-state index >= 15 is 0 Å². The van der Waals surface area contributed by atoms with E-state index in [1.54, 1.807) is 25.4 Å². The first-order valence-corrected chi connectivity index (χ1v) is 12.4. The van der Waals surface area contributed by atoms with Crippen molar-refractivity contribution in [1.29, 1.82) is 0 Å². The largest absolute Gasteiger partial charge is 0.497 e. The minimum atomic E-state index is -0.170. The molecule has 0 saturated heterocycles. The zero-order chi connectivity index (χ0) is 26.2. The van der Waals surface area contributed by atoms with Gasteiger partial charge in [0, 0.05) is 29.6 Å². The smallest absolute Gasteiger partial charge is 0.255 e. The van der Waals surface area contributed by atoms with Gasteiger partial charge in [-0.1, -0.05) is 44.2 Å². The van der Waals surface area contributed by atoms with Crippen LogP contribution < -0.4 is 20.1 Å². The molecule has 37 heavy (non-hydrogen) atoms. The lowest BCUT2D eigenvalue weighted by Gasteiger charge is -2.13. The number of ether oxygens (including phenoxy) is 2. The number of nitrogens with one attached hydrogen (secondary N) is 2. The van der Waals surface area contributed by atoms with Crippen molar-refractivity contribution in [2.45, 2.75) is 39.8 Å². The third-order valence-electron chi connectivity index (χ3n) is 6.11. The highest BCUT2D eigenvalue weighted by molar-refractivity contribution is 6.04. The Hall–Kier alpha value is -4.32. The van der Waals surface area contributed by atoms with Crippen molar-refractivity contribution in [2.24, 2.45) is 0 Å². The van der Waals surface area contributed by atoms with E-state index in [0.29, 0.717) is 30.4 Å². The van der Waals surface area contributed by atoms with Gasteiger partial charge < -0.3 is 20.1 Å². The summed E-state index contributed by atoms with van der Waals surface area (Å²) in [7, 11) is 1.66. The minimum absolute atomic E-state index is 0.170. The second-order valence-corrected chi connectivity index (χ2v) is 9.25. The zero-order valence-corrected chi connectivity index (χ0v) is 21.7. The Morgan fingerprint density at radius 2 is 1.70 bits per heavy atom. The summed E-state index contributed by atoms with van der Waals surface area (Å²) in [4.78, 5) is 17.3. The van der Waals surface area contributed by atoms with Gasteiger partial charge in [-0.3, -0.25) is 4.79 Å². The second kappa shape index (κ2) is 12.1. The maximum atomic E-state index is 12.8. The molecule has 0 aliphatic heterocycles. The third kappa shape index (κ3) is 7.10. The molecular formula is C31H33N3O3. The molecule has 1 amide bonds. The van der Waals surface area contributed by atoms with Crippen LogP contribution in [0.3, 0.4) is 0 Å². The van der Waals surface area contributed by atoms with E-state index in [2.05, 4.69) is 42.5 Å². The Labute approximate surface area is 218 Å². The number of aryl methyl sites for hydroxylation is 1. The number of amides is 1. The molecule has 1 aromatic heterocycles. The molecule has 4 aromatic rings. The molecule has 6 heteroatoms. The van der Waals surface area contributed by atoms with Gasteiger partial charge in [-0.05, 0) is 78.1 Å². The van der Waals surface area contributed by atoms with Gasteiger partial charge >= 0.3 is 0 Å². The first kappa shape index (κ1) is 25.8. The van der Waals surface area contributed by atoms with E-state index in [1.807, 2.05) is 60.7 Å². The lowest BCUT2D eigenvalue weighted by molar-refractivity contribution is 0.102. The monoisotopic (exact) mass is 495 g/mol. The van der Waals surface area contributed by atoms with Crippen LogP contribution in [0.4, 0.5) is 11.5 Å². The summed E-state index contributed by atoms with van der Waals surface area (Å²) in [5.41, 5.74) is 5.85. The lowest BCUT2D eigenvalue weighted by atomic mass is 9.97. The van der Waals surface area contributed by atoms with Crippen LogP contribution in [0.15, 0.2) is 85.1 Å². The van der Waals surface area contributed by atoms with Crippen LogP contribution in [-0.2, 0) is 13.2 Å². The Bertz CT molecular complexity index is 1330. The molecule has 0 aliphatic carbocycles. The molecule has 0 spiro atoms. The maximum absolute atomic E-state index is 12.8. The summed E-state index contributed by atoms with van der Waals surface area (Å²) in [6.07, 6.45) is 1.79. The molecule has 6 nitrogen and oxygen atoms in total. The second-order valence-electron chi connectivity index (χ2n) is 9.25. The molecule has 190 valence electrons. The number of nitrogens with zero attached hydrogens (tertiary/aromatic N) is 1. The van der Waals surface area contributed by atoms with E-state index in [-0.39, 0.29) is 5.91 Å². The van der Waals surface area contributed by atoms with E-state index in [0.717, 1.165) is 28.4 Å². The fourth-order valence-electron chi connectivity index (χ4n) is 4.05. The van der Waals surface area contributed by atoms with Crippen LogP contribution >= 0.6 is 0 Å². The number of pyridine rings is 1. The average molecular weight is 496 g/mol. The Kier molecular flexibility index (Phi) is 8.41. The van der Waals surface area contributed by atoms with Crippen molar-refractivity contribution in [3.8, 4) is 11.5 Å². The van der Waals surface area contributed by atoms with Crippen molar-refractivity contribution < 1.29 is 14.3 Å². The number of hydrogen-bond acceptors (Lipinski definition) is 5. The molecule has 0 bridgehead atoms. The molecule has 0 aliphatic rings. The zero-order valence-electron chi connectivity index (χ0n) is 21.7. The summed E-state index contributed by atoms with van der Waals surface area (Å²) >= 11 is 0. The van der Waals surface area contributed by atoms with E-state index in [9.17, 15) is 4.79 Å². The molecule has 3 aromatic carbocycles. The molecule has 1 heterocycles. The number of anilines is 2. The number of carbonyl (C=O) groups is 1. The predicted octanol–water partition coefficient (Wildman–Crippen LogP) is 6.97. The maximum Gasteiger partial charge on any atom is 0.255 e. The van der Waals surface area contributed by atoms with Crippen molar-refractivity contribution >= 4 is 17.4 Å². The van der Waals surface area contributed by atoms with Gasteiger partial charge in [-0.15, -0.1) is 0 Å². The first-order chi connectivity index (χ1) is 17.9. The van der Waals surface area contributed by atoms with Gasteiger partial charge in [0.05, 0.1) is 7.11 Å². The highest BCUT2D eigenvalue weighted by Gasteiger charge is 2.10. The molecule has 2 N–H and O–H groups in total. The molecule has 4 rings (SSSR count). The molecule has 0 fully saturated rings. The summed E-state index contributed by atoms with van der Waals surface area (Å²) in [5.74, 6) is 2.52. The van der Waals surface area contributed by atoms with Crippen molar-refractivity contribution in [3.05, 3.63) is 113 Å². The molecule has 0 unspecified atom stereocenters. The van der Waals surface area contributed by atoms with Gasteiger partial charge in [0.15, 0.2) is 0 Å².